The maximum Gasteiger partial charge on any atom is 0.107 e. The largest absolute Gasteiger partial charge is 0.240 e. The smallest absolute Gasteiger partial charge is 0.107 e. The second-order valence-corrected chi connectivity index (χ2v) is 5.09. The standard InChI is InChI=1S/C8H9NS2/c1-3-7-9-6-4-5(2)10-8(6)11-7/h4H,3H2,1-2H3. The number of nitrogens with zero attached hydrogens (tertiary/aromatic N) is 1. The molecule has 0 radical (unpaired) electrons. The van der Waals surface area contributed by atoms with Crippen molar-refractivity contribution < 1.29 is 0 Å². The fourth-order valence-corrected chi connectivity index (χ4v) is 3.28. The molecule has 1 nitrogen and oxygen atoms in total. The van der Waals surface area contributed by atoms with Crippen molar-refractivity contribution >= 4 is 32.2 Å². The molecule has 11 heavy (non-hydrogen) atoms. The van der Waals surface area contributed by atoms with Gasteiger partial charge in [-0.2, -0.15) is 0 Å². The summed E-state index contributed by atoms with van der Waals surface area (Å²) in [5, 5.41) is 1.26. The number of fused-ring (bicyclic) bond motifs is 1. The van der Waals surface area contributed by atoms with E-state index in [4.69, 9.17) is 0 Å². The van der Waals surface area contributed by atoms with Gasteiger partial charge in [0, 0.05) is 4.88 Å². The molecule has 2 aromatic rings. The number of hydrogen-bond acceptors (Lipinski definition) is 3. The third-order valence-electron chi connectivity index (χ3n) is 1.56. The Bertz CT molecular complexity index is 341. The SMILES string of the molecule is CCc1nc2cc(C)sc2s1. The average Bonchev–Trinajstić information content (AvgIpc) is 2.43. The molecule has 0 saturated heterocycles. The molecule has 0 fully saturated rings. The lowest BCUT2D eigenvalue weighted by Gasteiger charge is -1.80. The van der Waals surface area contributed by atoms with Crippen molar-refractivity contribution in [3.8, 4) is 0 Å². The van der Waals surface area contributed by atoms with Crippen LogP contribution in [0.3, 0.4) is 0 Å². The molecule has 2 aromatic heterocycles. The number of thiazole rings is 1. The Morgan fingerprint density at radius 1 is 1.45 bits per heavy atom. The molecule has 0 atom stereocenters. The monoisotopic (exact) mass is 183 g/mol. The average molecular weight is 183 g/mol. The van der Waals surface area contributed by atoms with Crippen LogP contribution in [-0.2, 0) is 6.42 Å². The molecule has 0 amide bonds. The molecular formula is C8H9NS2. The van der Waals surface area contributed by atoms with Gasteiger partial charge in [0.05, 0.1) is 10.5 Å². The summed E-state index contributed by atoms with van der Waals surface area (Å²) < 4.78 is 1.37. The van der Waals surface area contributed by atoms with E-state index in [0.717, 1.165) is 6.42 Å². The van der Waals surface area contributed by atoms with Gasteiger partial charge in [-0.15, -0.1) is 22.7 Å². The van der Waals surface area contributed by atoms with Crippen LogP contribution in [0.5, 0.6) is 0 Å². The highest BCUT2D eigenvalue weighted by Gasteiger charge is 2.03. The second-order valence-electron chi connectivity index (χ2n) is 2.49. The molecule has 0 aromatic carbocycles. The van der Waals surface area contributed by atoms with Gasteiger partial charge in [0.25, 0.3) is 0 Å². The van der Waals surface area contributed by atoms with Crippen LogP contribution in [0.15, 0.2) is 6.07 Å². The van der Waals surface area contributed by atoms with Gasteiger partial charge in [-0.1, -0.05) is 6.92 Å². The van der Waals surface area contributed by atoms with Gasteiger partial charge in [0.15, 0.2) is 0 Å². The summed E-state index contributed by atoms with van der Waals surface area (Å²) in [6.07, 6.45) is 1.06. The van der Waals surface area contributed by atoms with E-state index in [2.05, 4.69) is 24.9 Å². The Labute approximate surface area is 73.7 Å². The Kier molecular flexibility index (Phi) is 1.69. The molecule has 0 aliphatic carbocycles. The van der Waals surface area contributed by atoms with Crippen molar-refractivity contribution in [3.63, 3.8) is 0 Å². The van der Waals surface area contributed by atoms with Gasteiger partial charge in [0.1, 0.15) is 4.01 Å². The van der Waals surface area contributed by atoms with Crippen LogP contribution in [-0.4, -0.2) is 4.98 Å². The summed E-state index contributed by atoms with van der Waals surface area (Å²) in [7, 11) is 0. The van der Waals surface area contributed by atoms with Gasteiger partial charge in [0.2, 0.25) is 0 Å². The third-order valence-corrected chi connectivity index (χ3v) is 3.91. The Morgan fingerprint density at radius 3 is 2.91 bits per heavy atom. The summed E-state index contributed by atoms with van der Waals surface area (Å²) in [5.41, 5.74) is 1.19. The van der Waals surface area contributed by atoms with Crippen molar-refractivity contribution in [2.75, 3.05) is 0 Å². The van der Waals surface area contributed by atoms with Crippen molar-refractivity contribution in [3.05, 3.63) is 16.0 Å². The Morgan fingerprint density at radius 2 is 2.27 bits per heavy atom. The number of rotatable bonds is 1. The molecule has 0 N–H and O–H groups in total. The fraction of sp³-hybridized carbons (Fsp3) is 0.375. The molecule has 2 rings (SSSR count). The number of aryl methyl sites for hydroxylation is 2. The molecule has 0 aliphatic heterocycles. The van der Waals surface area contributed by atoms with Crippen molar-refractivity contribution in [2.45, 2.75) is 20.3 Å². The number of thiophene rings is 1. The van der Waals surface area contributed by atoms with Crippen LogP contribution in [0.4, 0.5) is 0 Å². The summed E-state index contributed by atoms with van der Waals surface area (Å²) in [4.78, 5) is 5.84. The van der Waals surface area contributed by atoms with Crippen LogP contribution < -0.4 is 0 Å². The van der Waals surface area contributed by atoms with Gasteiger partial charge in [-0.3, -0.25) is 0 Å². The van der Waals surface area contributed by atoms with Gasteiger partial charge in [-0.25, -0.2) is 4.98 Å². The quantitative estimate of drug-likeness (QED) is 0.661. The highest BCUT2D eigenvalue weighted by molar-refractivity contribution is 7.38. The summed E-state index contributed by atoms with van der Waals surface area (Å²) >= 11 is 3.67. The summed E-state index contributed by atoms with van der Waals surface area (Å²) in [5.74, 6) is 0. The predicted molar refractivity (Wildman–Crippen MR) is 51.6 cm³/mol. The summed E-state index contributed by atoms with van der Waals surface area (Å²) in [6, 6.07) is 2.16. The molecule has 0 saturated carbocycles. The van der Waals surface area contributed by atoms with E-state index in [1.165, 1.54) is 19.4 Å². The topological polar surface area (TPSA) is 12.9 Å². The lowest BCUT2D eigenvalue weighted by atomic mass is 10.5. The molecule has 3 heteroatoms. The second kappa shape index (κ2) is 2.57. The van der Waals surface area contributed by atoms with Gasteiger partial charge in [-0.05, 0) is 19.4 Å². The minimum absolute atomic E-state index is 1.06. The molecular weight excluding hydrogens is 174 g/mol. The Hall–Kier alpha value is -0.410. The van der Waals surface area contributed by atoms with Crippen molar-refractivity contribution in [1.82, 2.24) is 4.98 Å². The molecule has 58 valence electrons. The van der Waals surface area contributed by atoms with E-state index in [-0.39, 0.29) is 0 Å². The van der Waals surface area contributed by atoms with E-state index in [9.17, 15) is 0 Å². The van der Waals surface area contributed by atoms with Crippen LogP contribution in [0, 0.1) is 6.92 Å². The molecule has 0 spiro atoms. The minimum atomic E-state index is 1.06. The summed E-state index contributed by atoms with van der Waals surface area (Å²) in [6.45, 7) is 4.28. The third kappa shape index (κ3) is 1.19. The van der Waals surface area contributed by atoms with E-state index < -0.39 is 0 Å². The van der Waals surface area contributed by atoms with Crippen LogP contribution >= 0.6 is 22.7 Å². The first kappa shape index (κ1) is 7.25. The van der Waals surface area contributed by atoms with Crippen LogP contribution in [0.1, 0.15) is 16.8 Å². The van der Waals surface area contributed by atoms with Crippen LogP contribution in [0.25, 0.3) is 9.53 Å². The molecule has 0 aliphatic rings. The van der Waals surface area contributed by atoms with E-state index >= 15 is 0 Å². The zero-order valence-electron chi connectivity index (χ0n) is 6.55. The lowest BCUT2D eigenvalue weighted by molar-refractivity contribution is 1.11. The maximum atomic E-state index is 4.48. The first-order valence-corrected chi connectivity index (χ1v) is 5.28. The molecule has 2 heterocycles. The minimum Gasteiger partial charge on any atom is -0.240 e. The number of hydrogen-bond donors (Lipinski definition) is 0. The van der Waals surface area contributed by atoms with Crippen LogP contribution in [0.2, 0.25) is 0 Å². The highest BCUT2D eigenvalue weighted by atomic mass is 32.2. The number of aromatic nitrogens is 1. The highest BCUT2D eigenvalue weighted by Crippen LogP contribution is 2.30. The van der Waals surface area contributed by atoms with Crippen molar-refractivity contribution in [2.24, 2.45) is 0 Å². The normalized spacial score (nSPS) is 11.1. The first-order chi connectivity index (χ1) is 5.29. The lowest BCUT2D eigenvalue weighted by Crippen LogP contribution is -1.73. The van der Waals surface area contributed by atoms with E-state index in [1.807, 2.05) is 22.7 Å². The van der Waals surface area contributed by atoms with Crippen molar-refractivity contribution in [1.29, 1.82) is 0 Å². The zero-order valence-corrected chi connectivity index (χ0v) is 8.18. The van der Waals surface area contributed by atoms with E-state index in [0.29, 0.717) is 0 Å². The van der Waals surface area contributed by atoms with Gasteiger partial charge >= 0.3 is 0 Å². The fourth-order valence-electron chi connectivity index (χ4n) is 1.05. The maximum absolute atomic E-state index is 4.48. The predicted octanol–water partition coefficient (Wildman–Crippen LogP) is 3.23. The van der Waals surface area contributed by atoms with E-state index in [1.54, 1.807) is 0 Å². The Balaban J connectivity index is 2.64. The molecule has 0 bridgehead atoms. The zero-order chi connectivity index (χ0) is 7.84. The van der Waals surface area contributed by atoms with Gasteiger partial charge < -0.3 is 0 Å². The molecule has 0 unspecified atom stereocenters. The first-order valence-electron chi connectivity index (χ1n) is 3.65.